The van der Waals surface area contributed by atoms with E-state index in [4.69, 9.17) is 5.10 Å². The van der Waals surface area contributed by atoms with E-state index in [0.29, 0.717) is 5.56 Å². The van der Waals surface area contributed by atoms with Crippen LogP contribution >= 0.6 is 0 Å². The fourth-order valence-electron chi connectivity index (χ4n) is 4.92. The topological polar surface area (TPSA) is 102 Å². The Morgan fingerprint density at radius 1 is 1.03 bits per heavy atom. The van der Waals surface area contributed by atoms with E-state index in [9.17, 15) is 4.79 Å². The zero-order chi connectivity index (χ0) is 25.2. The summed E-state index contributed by atoms with van der Waals surface area (Å²) in [7, 11) is 0. The average molecular weight is 493 g/mol. The number of hydrogen-bond acceptors (Lipinski definition) is 7. The number of likely N-dealkylation sites (tertiary alicyclic amines) is 1. The van der Waals surface area contributed by atoms with Crippen LogP contribution in [0.15, 0.2) is 84.5 Å². The number of hydrogen-bond donors (Lipinski definition) is 3. The highest BCUT2D eigenvalue weighted by Crippen LogP contribution is 2.35. The van der Waals surface area contributed by atoms with Crippen LogP contribution in [0.1, 0.15) is 35.7 Å². The van der Waals surface area contributed by atoms with Gasteiger partial charge >= 0.3 is 0 Å². The van der Waals surface area contributed by atoms with Gasteiger partial charge in [-0.05, 0) is 62.4 Å². The lowest BCUT2D eigenvalue weighted by molar-refractivity contribution is 0.102. The molecule has 0 spiro atoms. The maximum absolute atomic E-state index is 12.5. The number of nitrogens with zero attached hydrogens (tertiary/aromatic N) is 5. The Hall–Kier alpha value is -4.66. The molecule has 1 saturated heterocycles. The fraction of sp³-hybridized carbons (Fsp3) is 0.214. The molecule has 4 aromatic rings. The van der Waals surface area contributed by atoms with Gasteiger partial charge in [0.25, 0.3) is 5.91 Å². The maximum atomic E-state index is 12.5. The molecule has 37 heavy (non-hydrogen) atoms. The number of aromatic nitrogens is 3. The van der Waals surface area contributed by atoms with Crippen molar-refractivity contribution in [1.82, 2.24) is 19.9 Å². The Balaban J connectivity index is 1.23. The number of hydrazone groups is 1. The molecule has 2 aliphatic rings. The molecular weight excluding hydrogens is 464 g/mol. The molecule has 0 bridgehead atoms. The van der Waals surface area contributed by atoms with Crippen LogP contribution in [0.2, 0.25) is 0 Å². The Labute approximate surface area is 214 Å². The van der Waals surface area contributed by atoms with E-state index in [1.54, 1.807) is 18.5 Å². The van der Waals surface area contributed by atoms with Gasteiger partial charge in [-0.15, -0.1) is 0 Å². The zero-order valence-electron chi connectivity index (χ0n) is 20.6. The minimum Gasteiger partial charge on any atom is -0.378 e. The third-order valence-electron chi connectivity index (χ3n) is 6.78. The van der Waals surface area contributed by atoms with Crippen LogP contribution in [0.4, 0.5) is 17.2 Å². The van der Waals surface area contributed by atoms with Gasteiger partial charge < -0.3 is 20.5 Å². The molecular formula is C28H28N8O. The van der Waals surface area contributed by atoms with Crippen LogP contribution in [-0.4, -0.2) is 50.7 Å². The van der Waals surface area contributed by atoms with E-state index >= 15 is 0 Å². The number of allylic oxidation sites excluding steroid dienone is 1. The molecule has 1 amide bonds. The molecule has 9 nitrogen and oxygen atoms in total. The smallest absolute Gasteiger partial charge is 0.255 e. The van der Waals surface area contributed by atoms with E-state index in [-0.39, 0.29) is 11.9 Å². The van der Waals surface area contributed by atoms with Gasteiger partial charge in [-0.2, -0.15) is 5.10 Å². The van der Waals surface area contributed by atoms with Crippen molar-refractivity contribution in [3.05, 3.63) is 90.5 Å². The number of piperidine rings is 1. The minimum absolute atomic E-state index is 0.139. The molecule has 2 aromatic carbocycles. The normalized spacial score (nSPS) is 15.8. The van der Waals surface area contributed by atoms with Crippen molar-refractivity contribution in [1.29, 1.82) is 0 Å². The molecule has 0 aliphatic carbocycles. The molecule has 0 atom stereocenters. The van der Waals surface area contributed by atoms with Crippen LogP contribution < -0.4 is 15.6 Å². The summed E-state index contributed by atoms with van der Waals surface area (Å²) in [5.74, 6) is 1.45. The SMILES string of the molecule is CC=CN1CCC(N2N=C(Nc3ccc(NC(=O)c4ccccc4)cc3)c3c[nH]c4ncnc2c34)CC1. The monoisotopic (exact) mass is 492 g/mol. The number of nitrogens with one attached hydrogen (secondary N) is 3. The molecule has 0 unspecified atom stereocenters. The summed E-state index contributed by atoms with van der Waals surface area (Å²) in [5.41, 5.74) is 3.95. The highest BCUT2D eigenvalue weighted by molar-refractivity contribution is 6.19. The van der Waals surface area contributed by atoms with Crippen molar-refractivity contribution in [3.8, 4) is 0 Å². The van der Waals surface area contributed by atoms with Crippen LogP contribution in [0.3, 0.4) is 0 Å². The Kier molecular flexibility index (Phi) is 6.02. The summed E-state index contributed by atoms with van der Waals surface area (Å²) in [6, 6.07) is 17.1. The number of aromatic amines is 1. The van der Waals surface area contributed by atoms with Crippen LogP contribution in [0.25, 0.3) is 11.0 Å². The highest BCUT2D eigenvalue weighted by atomic mass is 16.1. The summed E-state index contributed by atoms with van der Waals surface area (Å²) < 4.78 is 0. The molecule has 9 heteroatoms. The van der Waals surface area contributed by atoms with Gasteiger partial charge in [-0.1, -0.05) is 24.3 Å². The first-order chi connectivity index (χ1) is 18.2. The maximum Gasteiger partial charge on any atom is 0.255 e. The average Bonchev–Trinajstić information content (AvgIpc) is 3.38. The van der Waals surface area contributed by atoms with Gasteiger partial charge in [0.05, 0.1) is 11.4 Å². The number of benzene rings is 2. The number of amides is 1. The number of anilines is 3. The largest absolute Gasteiger partial charge is 0.378 e. The number of H-pyrrole nitrogens is 1. The van der Waals surface area contributed by atoms with Gasteiger partial charge in [0.15, 0.2) is 11.7 Å². The van der Waals surface area contributed by atoms with Gasteiger partial charge in [-0.25, -0.2) is 15.0 Å². The highest BCUT2D eigenvalue weighted by Gasteiger charge is 2.31. The number of amidine groups is 1. The number of rotatable bonds is 5. The fourth-order valence-corrected chi connectivity index (χ4v) is 4.92. The van der Waals surface area contributed by atoms with Crippen molar-refractivity contribution >= 4 is 40.0 Å². The summed E-state index contributed by atoms with van der Waals surface area (Å²) >= 11 is 0. The number of carbonyl (C=O) groups is 1. The lowest BCUT2D eigenvalue weighted by Crippen LogP contribution is -2.43. The quantitative estimate of drug-likeness (QED) is 0.370. The second kappa shape index (κ2) is 9.77. The van der Waals surface area contributed by atoms with E-state index < -0.39 is 0 Å². The second-order valence-corrected chi connectivity index (χ2v) is 9.19. The first kappa shape index (κ1) is 22.8. The molecule has 0 saturated carbocycles. The Morgan fingerprint density at radius 2 is 1.78 bits per heavy atom. The molecule has 2 aliphatic heterocycles. The third-order valence-corrected chi connectivity index (χ3v) is 6.78. The number of carbonyl (C=O) groups excluding carboxylic acids is 1. The van der Waals surface area contributed by atoms with Crippen molar-refractivity contribution in [2.75, 3.05) is 28.7 Å². The van der Waals surface area contributed by atoms with Gasteiger partial charge in [0.2, 0.25) is 0 Å². The molecule has 6 rings (SSSR count). The summed E-state index contributed by atoms with van der Waals surface area (Å²) in [6.07, 6.45) is 9.73. The predicted octanol–water partition coefficient (Wildman–Crippen LogP) is 4.80. The molecule has 0 radical (unpaired) electrons. The van der Waals surface area contributed by atoms with Crippen molar-refractivity contribution in [2.45, 2.75) is 25.8 Å². The van der Waals surface area contributed by atoms with Gasteiger partial charge in [-0.3, -0.25) is 4.79 Å². The first-order valence-electron chi connectivity index (χ1n) is 12.5. The lowest BCUT2D eigenvalue weighted by Gasteiger charge is -2.37. The van der Waals surface area contributed by atoms with Gasteiger partial charge in [0, 0.05) is 41.8 Å². The zero-order valence-corrected chi connectivity index (χ0v) is 20.6. The molecule has 1 fully saturated rings. The molecule has 4 heterocycles. The minimum atomic E-state index is -0.139. The summed E-state index contributed by atoms with van der Waals surface area (Å²) in [5, 5.41) is 14.5. The Morgan fingerprint density at radius 3 is 2.54 bits per heavy atom. The standard InChI is InChI=1S/C28H28N8O/c1-2-14-35-15-12-22(13-16-35)36-27-24-23(17-29-26(24)30-18-31-27)25(34-36)32-20-8-10-21(11-9-20)33-28(37)19-6-4-3-5-7-19/h2-11,14,17-18,22H,12-13,15-16H2,1H3,(H,32,34)(H,33,37)(H,29,30,31). The lowest BCUT2D eigenvalue weighted by atomic mass is 10.0. The van der Waals surface area contributed by atoms with E-state index in [1.807, 2.05) is 55.6 Å². The second-order valence-electron chi connectivity index (χ2n) is 9.19. The predicted molar refractivity (Wildman–Crippen MR) is 147 cm³/mol. The van der Waals surface area contributed by atoms with E-state index in [2.05, 4.69) is 47.8 Å². The summed E-state index contributed by atoms with van der Waals surface area (Å²) in [4.78, 5) is 27.1. The summed E-state index contributed by atoms with van der Waals surface area (Å²) in [6.45, 7) is 4.01. The van der Waals surface area contributed by atoms with E-state index in [1.165, 1.54) is 0 Å². The third kappa shape index (κ3) is 4.51. The molecule has 186 valence electrons. The van der Waals surface area contributed by atoms with Crippen LogP contribution in [0.5, 0.6) is 0 Å². The van der Waals surface area contributed by atoms with Crippen molar-refractivity contribution < 1.29 is 4.79 Å². The van der Waals surface area contributed by atoms with Crippen molar-refractivity contribution in [3.63, 3.8) is 0 Å². The Bertz CT molecular complexity index is 1470. The first-order valence-corrected chi connectivity index (χ1v) is 12.5. The van der Waals surface area contributed by atoms with E-state index in [0.717, 1.165) is 65.6 Å². The molecule has 2 aromatic heterocycles. The van der Waals surface area contributed by atoms with Crippen LogP contribution in [0, 0.1) is 0 Å². The van der Waals surface area contributed by atoms with Crippen LogP contribution in [-0.2, 0) is 0 Å². The van der Waals surface area contributed by atoms with Gasteiger partial charge in [0.1, 0.15) is 12.0 Å². The molecule has 3 N–H and O–H groups in total. The van der Waals surface area contributed by atoms with Crippen molar-refractivity contribution in [2.24, 2.45) is 5.10 Å².